The number of amides is 2. The van der Waals surface area contributed by atoms with E-state index < -0.39 is 0 Å². The highest BCUT2D eigenvalue weighted by atomic mass is 16.5. The molecule has 0 atom stereocenters. The molecular weight excluding hydrogens is 396 g/mol. The summed E-state index contributed by atoms with van der Waals surface area (Å²) in [4.78, 5) is 41.5. The molecule has 31 heavy (non-hydrogen) atoms. The molecule has 0 aliphatic heterocycles. The first kappa shape index (κ1) is 22.0. The van der Waals surface area contributed by atoms with Crippen molar-refractivity contribution in [3.05, 3.63) is 64.6 Å². The molecule has 1 aromatic heterocycles. The normalized spacial score (nSPS) is 10.6. The molecule has 0 radical (unpaired) electrons. The molecule has 2 aromatic carbocycles. The summed E-state index contributed by atoms with van der Waals surface area (Å²) in [5.41, 5.74) is 2.03. The lowest BCUT2D eigenvalue weighted by molar-refractivity contribution is -0.126. The van der Waals surface area contributed by atoms with E-state index in [1.807, 2.05) is 31.2 Å². The average Bonchev–Trinajstić information content (AvgIpc) is 2.80. The number of fused-ring (bicyclic) bond motifs is 1. The number of hydrogen-bond donors (Lipinski definition) is 2. The average molecular weight is 422 g/mol. The van der Waals surface area contributed by atoms with Crippen LogP contribution in [-0.2, 0) is 16.0 Å². The first-order valence-electron chi connectivity index (χ1n) is 10.2. The van der Waals surface area contributed by atoms with Gasteiger partial charge in [0.05, 0.1) is 24.7 Å². The van der Waals surface area contributed by atoms with Gasteiger partial charge in [-0.25, -0.2) is 4.98 Å². The molecule has 0 aliphatic rings. The van der Waals surface area contributed by atoms with Crippen LogP contribution in [0.1, 0.15) is 25.5 Å². The molecule has 8 heteroatoms. The summed E-state index contributed by atoms with van der Waals surface area (Å²) in [5.74, 6) is 0.146. The van der Waals surface area contributed by atoms with Crippen LogP contribution in [-0.4, -0.2) is 41.6 Å². The van der Waals surface area contributed by atoms with Gasteiger partial charge in [0.15, 0.2) is 0 Å². The second-order valence-corrected chi connectivity index (χ2v) is 7.01. The van der Waals surface area contributed by atoms with Crippen LogP contribution < -0.4 is 20.9 Å². The van der Waals surface area contributed by atoms with Crippen LogP contribution in [0, 0.1) is 0 Å². The van der Waals surface area contributed by atoms with Gasteiger partial charge in [0.2, 0.25) is 11.8 Å². The van der Waals surface area contributed by atoms with Crippen molar-refractivity contribution in [1.29, 1.82) is 0 Å². The van der Waals surface area contributed by atoms with Crippen LogP contribution in [0.4, 0.5) is 0 Å². The number of nitrogens with zero attached hydrogens (tertiary/aromatic N) is 2. The maximum Gasteiger partial charge on any atom is 0.277 e. The summed E-state index contributed by atoms with van der Waals surface area (Å²) in [6.07, 6.45) is 1.06. The Hall–Kier alpha value is -3.68. The minimum atomic E-state index is -0.308. The van der Waals surface area contributed by atoms with Gasteiger partial charge in [-0.15, -0.1) is 0 Å². The Morgan fingerprint density at radius 3 is 2.48 bits per heavy atom. The summed E-state index contributed by atoms with van der Waals surface area (Å²) in [7, 11) is 1.58. The summed E-state index contributed by atoms with van der Waals surface area (Å²) in [6, 6.07) is 14.5. The van der Waals surface area contributed by atoms with E-state index in [4.69, 9.17) is 4.74 Å². The number of carbonyl (C=O) groups is 2. The van der Waals surface area contributed by atoms with E-state index in [0.717, 1.165) is 6.42 Å². The summed E-state index contributed by atoms with van der Waals surface area (Å²) < 4.78 is 6.79. The van der Waals surface area contributed by atoms with Gasteiger partial charge in [-0.05, 0) is 42.8 Å². The van der Waals surface area contributed by atoms with Crippen LogP contribution in [0.2, 0.25) is 0 Å². The summed E-state index contributed by atoms with van der Waals surface area (Å²) >= 11 is 0. The molecule has 0 unspecified atom stereocenters. The zero-order chi connectivity index (χ0) is 22.2. The molecule has 2 N–H and O–H groups in total. The molecular formula is C23H26N4O4. The molecule has 3 rings (SSSR count). The molecule has 0 bridgehead atoms. The van der Waals surface area contributed by atoms with Crippen LogP contribution in [0.15, 0.2) is 53.3 Å². The highest BCUT2D eigenvalue weighted by Gasteiger charge is 2.14. The molecule has 0 saturated heterocycles. The largest absolute Gasteiger partial charge is 0.497 e. The van der Waals surface area contributed by atoms with Crippen molar-refractivity contribution in [3.8, 4) is 11.4 Å². The van der Waals surface area contributed by atoms with Crippen LogP contribution in [0.3, 0.4) is 0 Å². The zero-order valence-corrected chi connectivity index (χ0v) is 17.7. The smallest absolute Gasteiger partial charge is 0.277 e. The molecule has 8 nitrogen and oxygen atoms in total. The standard InChI is InChI=1S/C23H26N4O4/c1-3-14-24-22(29)15-25-21(28)13-12-19-23(30)27(16-8-10-17(31-2)11-9-16)20-7-5-4-6-18(20)26-19/h4-11H,3,12-15H2,1-2H3,(H,24,29)(H,25,28). The van der Waals surface area contributed by atoms with Crippen molar-refractivity contribution in [3.63, 3.8) is 0 Å². The molecule has 3 aromatic rings. The minimum absolute atomic E-state index is 0.0598. The lowest BCUT2D eigenvalue weighted by Gasteiger charge is -2.13. The predicted octanol–water partition coefficient (Wildman–Crippen LogP) is 1.97. The van der Waals surface area contributed by atoms with Gasteiger partial charge in [0.25, 0.3) is 5.56 Å². The topological polar surface area (TPSA) is 102 Å². The second-order valence-electron chi connectivity index (χ2n) is 7.01. The predicted molar refractivity (Wildman–Crippen MR) is 119 cm³/mol. The van der Waals surface area contributed by atoms with Gasteiger partial charge >= 0.3 is 0 Å². The van der Waals surface area contributed by atoms with Crippen molar-refractivity contribution in [2.24, 2.45) is 0 Å². The number of aromatic nitrogens is 2. The van der Waals surface area contributed by atoms with Gasteiger partial charge in [0, 0.05) is 25.1 Å². The van der Waals surface area contributed by atoms with Gasteiger partial charge in [0.1, 0.15) is 11.4 Å². The van der Waals surface area contributed by atoms with E-state index in [1.165, 1.54) is 0 Å². The second kappa shape index (κ2) is 10.4. The molecule has 1 heterocycles. The van der Waals surface area contributed by atoms with Crippen LogP contribution >= 0.6 is 0 Å². The van der Waals surface area contributed by atoms with Gasteiger partial charge in [-0.3, -0.25) is 19.0 Å². The fourth-order valence-corrected chi connectivity index (χ4v) is 3.16. The SMILES string of the molecule is CCCNC(=O)CNC(=O)CCc1nc2ccccc2n(-c2ccc(OC)cc2)c1=O. The van der Waals surface area contributed by atoms with Crippen LogP contribution in [0.5, 0.6) is 5.75 Å². The van der Waals surface area contributed by atoms with E-state index in [0.29, 0.717) is 34.7 Å². The number of benzene rings is 2. The lowest BCUT2D eigenvalue weighted by Crippen LogP contribution is -2.37. The van der Waals surface area contributed by atoms with Crippen molar-refractivity contribution in [1.82, 2.24) is 20.2 Å². The molecule has 0 saturated carbocycles. The lowest BCUT2D eigenvalue weighted by atomic mass is 10.2. The molecule has 0 fully saturated rings. The van der Waals surface area contributed by atoms with Crippen molar-refractivity contribution < 1.29 is 14.3 Å². The van der Waals surface area contributed by atoms with Crippen molar-refractivity contribution in [2.45, 2.75) is 26.2 Å². The minimum Gasteiger partial charge on any atom is -0.497 e. The third-order valence-corrected chi connectivity index (χ3v) is 4.77. The Balaban J connectivity index is 1.81. The highest BCUT2D eigenvalue weighted by Crippen LogP contribution is 2.18. The third kappa shape index (κ3) is 5.48. The highest BCUT2D eigenvalue weighted by molar-refractivity contribution is 5.84. The zero-order valence-electron chi connectivity index (χ0n) is 17.7. The number of nitrogens with one attached hydrogen (secondary N) is 2. The summed E-state index contributed by atoms with van der Waals surface area (Å²) in [5, 5.41) is 5.27. The Kier molecular flexibility index (Phi) is 7.37. The Morgan fingerprint density at radius 1 is 1.03 bits per heavy atom. The number of hydrogen-bond acceptors (Lipinski definition) is 5. The molecule has 2 amide bonds. The Morgan fingerprint density at radius 2 is 1.77 bits per heavy atom. The number of rotatable bonds is 9. The Bertz CT molecular complexity index is 1120. The number of para-hydroxylation sites is 2. The van der Waals surface area contributed by atoms with E-state index >= 15 is 0 Å². The van der Waals surface area contributed by atoms with Crippen molar-refractivity contribution in [2.75, 3.05) is 20.2 Å². The number of carbonyl (C=O) groups excluding carboxylic acids is 2. The summed E-state index contributed by atoms with van der Waals surface area (Å²) in [6.45, 7) is 2.44. The maximum absolute atomic E-state index is 13.2. The maximum atomic E-state index is 13.2. The molecule has 0 spiro atoms. The van der Waals surface area contributed by atoms with Crippen LogP contribution in [0.25, 0.3) is 16.7 Å². The van der Waals surface area contributed by atoms with Gasteiger partial charge in [-0.2, -0.15) is 0 Å². The van der Waals surface area contributed by atoms with Gasteiger partial charge < -0.3 is 15.4 Å². The fourth-order valence-electron chi connectivity index (χ4n) is 3.16. The van der Waals surface area contributed by atoms with Gasteiger partial charge in [-0.1, -0.05) is 19.1 Å². The fraction of sp³-hybridized carbons (Fsp3) is 0.304. The Labute approximate surface area is 180 Å². The van der Waals surface area contributed by atoms with Crippen molar-refractivity contribution >= 4 is 22.8 Å². The van der Waals surface area contributed by atoms with E-state index in [1.54, 1.807) is 35.9 Å². The molecule has 162 valence electrons. The number of methoxy groups -OCH3 is 1. The van der Waals surface area contributed by atoms with E-state index in [2.05, 4.69) is 15.6 Å². The number of aryl methyl sites for hydroxylation is 1. The first-order valence-corrected chi connectivity index (χ1v) is 10.2. The number of ether oxygens (including phenoxy) is 1. The molecule has 0 aliphatic carbocycles. The quantitative estimate of drug-likeness (QED) is 0.549. The van der Waals surface area contributed by atoms with E-state index in [-0.39, 0.29) is 36.8 Å². The van der Waals surface area contributed by atoms with E-state index in [9.17, 15) is 14.4 Å². The third-order valence-electron chi connectivity index (χ3n) is 4.77. The first-order chi connectivity index (χ1) is 15.0. The monoisotopic (exact) mass is 422 g/mol.